The highest BCUT2D eigenvalue weighted by Gasteiger charge is 2.32. The van der Waals surface area contributed by atoms with Gasteiger partial charge in [-0.05, 0) is 32.6 Å². The Kier molecular flexibility index (Phi) is 5.06. The van der Waals surface area contributed by atoms with E-state index in [1.165, 1.54) is 4.68 Å². The molecule has 1 aliphatic heterocycles. The Hall–Kier alpha value is -2.38. The molecular formula is C17H24N4O4. The lowest BCUT2D eigenvalue weighted by molar-refractivity contribution is -0.149. The molecule has 2 amide bonds. The molecule has 0 aromatic carbocycles. The number of amides is 2. The summed E-state index contributed by atoms with van der Waals surface area (Å²) < 4.78 is 6.56. The Morgan fingerprint density at radius 1 is 1.20 bits per heavy atom. The first-order valence-electron chi connectivity index (χ1n) is 8.80. The van der Waals surface area contributed by atoms with Gasteiger partial charge in [0, 0.05) is 32.1 Å². The molecule has 1 aromatic rings. The summed E-state index contributed by atoms with van der Waals surface area (Å²) >= 11 is 0. The number of rotatable bonds is 5. The largest absolute Gasteiger partial charge is 0.466 e. The molecule has 1 saturated carbocycles. The monoisotopic (exact) mass is 348 g/mol. The SMILES string of the molecule is CCOC(=O)C1CCN(C(=O)c2cc(NC(=O)C3CC3)n(C)n2)CC1. The van der Waals surface area contributed by atoms with E-state index in [0.717, 1.165) is 12.8 Å². The number of carbonyl (C=O) groups is 3. The number of aromatic nitrogens is 2. The van der Waals surface area contributed by atoms with Crippen LogP contribution in [0.2, 0.25) is 0 Å². The normalized spacial score (nSPS) is 18.1. The molecule has 3 rings (SSSR count). The Balaban J connectivity index is 1.58. The smallest absolute Gasteiger partial charge is 0.309 e. The van der Waals surface area contributed by atoms with E-state index in [-0.39, 0.29) is 29.6 Å². The zero-order chi connectivity index (χ0) is 18.0. The van der Waals surface area contributed by atoms with Crippen molar-refractivity contribution in [1.82, 2.24) is 14.7 Å². The van der Waals surface area contributed by atoms with E-state index in [1.54, 1.807) is 24.9 Å². The number of ether oxygens (including phenoxy) is 1. The van der Waals surface area contributed by atoms with Crippen molar-refractivity contribution in [3.63, 3.8) is 0 Å². The number of likely N-dealkylation sites (tertiary alicyclic amines) is 1. The first-order valence-corrected chi connectivity index (χ1v) is 8.80. The van der Waals surface area contributed by atoms with Crippen molar-refractivity contribution in [2.45, 2.75) is 32.6 Å². The Morgan fingerprint density at radius 2 is 1.88 bits per heavy atom. The van der Waals surface area contributed by atoms with Crippen molar-refractivity contribution >= 4 is 23.6 Å². The molecule has 0 spiro atoms. The quantitative estimate of drug-likeness (QED) is 0.807. The molecule has 2 fully saturated rings. The van der Waals surface area contributed by atoms with Gasteiger partial charge in [-0.15, -0.1) is 0 Å². The highest BCUT2D eigenvalue weighted by Crippen LogP contribution is 2.30. The van der Waals surface area contributed by atoms with Crippen molar-refractivity contribution in [2.75, 3.05) is 25.0 Å². The van der Waals surface area contributed by atoms with Crippen LogP contribution in [0.1, 0.15) is 43.1 Å². The van der Waals surface area contributed by atoms with Gasteiger partial charge in [0.2, 0.25) is 5.91 Å². The highest BCUT2D eigenvalue weighted by atomic mass is 16.5. The summed E-state index contributed by atoms with van der Waals surface area (Å²) in [7, 11) is 1.70. The van der Waals surface area contributed by atoms with Gasteiger partial charge >= 0.3 is 5.97 Å². The van der Waals surface area contributed by atoms with Crippen LogP contribution in [-0.2, 0) is 21.4 Å². The second-order valence-electron chi connectivity index (χ2n) is 6.62. The van der Waals surface area contributed by atoms with E-state index in [4.69, 9.17) is 4.74 Å². The summed E-state index contributed by atoms with van der Waals surface area (Å²) in [4.78, 5) is 38.0. The lowest BCUT2D eigenvalue weighted by Crippen LogP contribution is -2.40. The fourth-order valence-electron chi connectivity index (χ4n) is 3.00. The first kappa shape index (κ1) is 17.4. The third kappa shape index (κ3) is 4.00. The number of carbonyl (C=O) groups excluding carboxylic acids is 3. The van der Waals surface area contributed by atoms with Crippen molar-refractivity contribution in [3.8, 4) is 0 Å². The Bertz CT molecular complexity index is 672. The lowest BCUT2D eigenvalue weighted by atomic mass is 9.97. The van der Waals surface area contributed by atoms with E-state index in [0.29, 0.717) is 44.0 Å². The van der Waals surface area contributed by atoms with Gasteiger partial charge in [0.05, 0.1) is 12.5 Å². The van der Waals surface area contributed by atoms with Gasteiger partial charge in [0.1, 0.15) is 5.82 Å². The molecule has 1 N–H and O–H groups in total. The van der Waals surface area contributed by atoms with Gasteiger partial charge in [0.25, 0.3) is 5.91 Å². The molecule has 0 bridgehead atoms. The molecule has 2 heterocycles. The van der Waals surface area contributed by atoms with E-state index in [2.05, 4.69) is 10.4 Å². The zero-order valence-electron chi connectivity index (χ0n) is 14.7. The van der Waals surface area contributed by atoms with E-state index in [1.807, 2.05) is 0 Å². The molecule has 25 heavy (non-hydrogen) atoms. The van der Waals surface area contributed by atoms with Crippen LogP contribution in [0.3, 0.4) is 0 Å². The molecule has 0 radical (unpaired) electrons. The van der Waals surface area contributed by atoms with Crippen LogP contribution in [0.5, 0.6) is 0 Å². The van der Waals surface area contributed by atoms with Gasteiger partial charge in [0.15, 0.2) is 5.69 Å². The highest BCUT2D eigenvalue weighted by molar-refractivity contribution is 5.96. The molecule has 8 nitrogen and oxygen atoms in total. The molecule has 1 aromatic heterocycles. The first-order chi connectivity index (χ1) is 12.0. The molecule has 136 valence electrons. The van der Waals surface area contributed by atoms with Crippen LogP contribution in [0.15, 0.2) is 6.07 Å². The minimum Gasteiger partial charge on any atom is -0.466 e. The topological polar surface area (TPSA) is 93.5 Å². The minimum atomic E-state index is -0.183. The van der Waals surface area contributed by atoms with Gasteiger partial charge in [-0.3, -0.25) is 19.1 Å². The summed E-state index contributed by atoms with van der Waals surface area (Å²) in [6, 6.07) is 1.61. The zero-order valence-corrected chi connectivity index (χ0v) is 14.7. The summed E-state index contributed by atoms with van der Waals surface area (Å²) in [6.07, 6.45) is 3.04. The summed E-state index contributed by atoms with van der Waals surface area (Å²) in [5.41, 5.74) is 0.309. The van der Waals surface area contributed by atoms with Crippen molar-refractivity contribution in [1.29, 1.82) is 0 Å². The summed E-state index contributed by atoms with van der Waals surface area (Å²) in [6.45, 7) is 3.17. The van der Waals surface area contributed by atoms with Gasteiger partial charge in [-0.1, -0.05) is 0 Å². The number of hydrogen-bond acceptors (Lipinski definition) is 5. The van der Waals surface area contributed by atoms with Crippen LogP contribution in [0.25, 0.3) is 0 Å². The van der Waals surface area contributed by atoms with Crippen LogP contribution < -0.4 is 5.32 Å². The molecule has 0 atom stereocenters. The van der Waals surface area contributed by atoms with Crippen molar-refractivity contribution < 1.29 is 19.1 Å². The number of hydrogen-bond donors (Lipinski definition) is 1. The fraction of sp³-hybridized carbons (Fsp3) is 0.647. The van der Waals surface area contributed by atoms with Crippen molar-refractivity contribution in [3.05, 3.63) is 11.8 Å². The number of aryl methyl sites for hydroxylation is 1. The molecule has 8 heteroatoms. The van der Waals surface area contributed by atoms with Crippen LogP contribution >= 0.6 is 0 Å². The van der Waals surface area contributed by atoms with E-state index < -0.39 is 0 Å². The molecule has 1 aliphatic carbocycles. The predicted octanol–water partition coefficient (Wildman–Crippen LogP) is 1.18. The number of nitrogens with zero attached hydrogens (tertiary/aromatic N) is 3. The average Bonchev–Trinajstić information content (AvgIpc) is 3.40. The Morgan fingerprint density at radius 3 is 2.48 bits per heavy atom. The maximum absolute atomic E-state index is 12.6. The molecule has 0 unspecified atom stereocenters. The fourth-order valence-corrected chi connectivity index (χ4v) is 3.00. The standard InChI is InChI=1S/C17H24N4O4/c1-3-25-17(24)12-6-8-21(9-7-12)16(23)13-10-14(20(2)19-13)18-15(22)11-4-5-11/h10-12H,3-9H2,1-2H3,(H,18,22). The third-order valence-corrected chi connectivity index (χ3v) is 4.70. The Labute approximate surface area is 146 Å². The average molecular weight is 348 g/mol. The van der Waals surface area contributed by atoms with E-state index >= 15 is 0 Å². The second kappa shape index (κ2) is 7.25. The van der Waals surface area contributed by atoms with Crippen molar-refractivity contribution in [2.24, 2.45) is 18.9 Å². The second-order valence-corrected chi connectivity index (χ2v) is 6.62. The number of esters is 1. The van der Waals surface area contributed by atoms with Crippen LogP contribution in [0, 0.1) is 11.8 Å². The van der Waals surface area contributed by atoms with Gasteiger partial charge in [-0.25, -0.2) is 0 Å². The number of anilines is 1. The van der Waals surface area contributed by atoms with E-state index in [9.17, 15) is 14.4 Å². The lowest BCUT2D eigenvalue weighted by Gasteiger charge is -2.30. The summed E-state index contributed by atoms with van der Waals surface area (Å²) in [5.74, 6) is 0.110. The van der Waals surface area contributed by atoms with Gasteiger partial charge < -0.3 is 15.0 Å². The number of piperidine rings is 1. The number of nitrogens with one attached hydrogen (secondary N) is 1. The van der Waals surface area contributed by atoms with Crippen LogP contribution in [-0.4, -0.2) is 52.2 Å². The predicted molar refractivity (Wildman–Crippen MR) is 89.8 cm³/mol. The summed E-state index contributed by atoms with van der Waals surface area (Å²) in [5, 5.41) is 7.04. The minimum absolute atomic E-state index is 0.0164. The molecule has 2 aliphatic rings. The maximum Gasteiger partial charge on any atom is 0.309 e. The van der Waals surface area contributed by atoms with Gasteiger partial charge in [-0.2, -0.15) is 5.10 Å². The molecule has 1 saturated heterocycles. The maximum atomic E-state index is 12.6. The molecular weight excluding hydrogens is 324 g/mol. The third-order valence-electron chi connectivity index (χ3n) is 4.70. The van der Waals surface area contributed by atoms with Crippen LogP contribution in [0.4, 0.5) is 5.82 Å².